The van der Waals surface area contributed by atoms with E-state index in [2.05, 4.69) is 10.2 Å². The molecule has 1 aromatic heterocycles. The number of esters is 1. The smallest absolute Gasteiger partial charge is 0.344 e. The van der Waals surface area contributed by atoms with E-state index in [1.54, 1.807) is 6.26 Å². The van der Waals surface area contributed by atoms with Gasteiger partial charge in [-0.3, -0.25) is 14.4 Å². The predicted octanol–water partition coefficient (Wildman–Crippen LogP) is 4.71. The molecule has 43 heavy (non-hydrogen) atoms. The molecule has 0 unspecified atom stereocenters. The minimum Gasteiger partial charge on any atom is -0.480 e. The van der Waals surface area contributed by atoms with Gasteiger partial charge in [0.25, 0.3) is 17.4 Å². The van der Waals surface area contributed by atoms with Crippen LogP contribution in [0.15, 0.2) is 33.2 Å². The maximum Gasteiger partial charge on any atom is 0.344 e. The van der Waals surface area contributed by atoms with Crippen LogP contribution in [0.25, 0.3) is 0 Å². The van der Waals surface area contributed by atoms with Gasteiger partial charge < -0.3 is 15.3 Å². The maximum absolute atomic E-state index is 14.5. The SMILES string of the molecule is CCCCCOC(=O)COc1cc(N2C(=O)C3=C(CCCC3)C2=O)c(F)cc1Cl.CSc1nnc(C(C)(C)C)c(=O)n1N. The van der Waals surface area contributed by atoms with Crippen LogP contribution in [0, 0.1) is 5.82 Å². The zero-order chi connectivity index (χ0) is 31.9. The molecule has 0 saturated carbocycles. The van der Waals surface area contributed by atoms with E-state index < -0.39 is 30.2 Å². The lowest BCUT2D eigenvalue weighted by atomic mass is 9.93. The fourth-order valence-corrected chi connectivity index (χ4v) is 5.08. The molecule has 2 heterocycles. The molecule has 14 heteroatoms. The maximum atomic E-state index is 14.5. The number of nitrogens with zero attached hydrogens (tertiary/aromatic N) is 4. The van der Waals surface area contributed by atoms with Gasteiger partial charge >= 0.3 is 5.97 Å². The summed E-state index contributed by atoms with van der Waals surface area (Å²) in [5.41, 5.74) is 0.449. The first kappa shape index (κ1) is 34.0. The summed E-state index contributed by atoms with van der Waals surface area (Å²) in [6.45, 7) is 7.63. The van der Waals surface area contributed by atoms with Crippen molar-refractivity contribution in [3.05, 3.63) is 50.2 Å². The molecule has 0 spiro atoms. The minimum atomic E-state index is -0.814. The Morgan fingerprint density at radius 3 is 2.28 bits per heavy atom. The fraction of sp³-hybridized carbons (Fsp3) is 0.517. The van der Waals surface area contributed by atoms with Crippen LogP contribution < -0.4 is 21.0 Å². The molecule has 0 saturated heterocycles. The number of hydrogen-bond donors (Lipinski definition) is 1. The van der Waals surface area contributed by atoms with Crippen molar-refractivity contribution in [2.45, 2.75) is 83.2 Å². The van der Waals surface area contributed by atoms with Gasteiger partial charge in [0, 0.05) is 22.6 Å². The van der Waals surface area contributed by atoms with Crippen molar-refractivity contribution in [1.29, 1.82) is 0 Å². The van der Waals surface area contributed by atoms with Crippen molar-refractivity contribution in [3.63, 3.8) is 0 Å². The topological polar surface area (TPSA) is 147 Å². The number of ether oxygens (including phenoxy) is 2. The summed E-state index contributed by atoms with van der Waals surface area (Å²) < 4.78 is 26.0. The minimum absolute atomic E-state index is 0.000883. The van der Waals surface area contributed by atoms with Crippen molar-refractivity contribution in [2.24, 2.45) is 0 Å². The summed E-state index contributed by atoms with van der Waals surface area (Å²) in [7, 11) is 0. The average Bonchev–Trinajstić information content (AvgIpc) is 3.21. The fourth-order valence-electron chi connectivity index (χ4n) is 4.47. The molecule has 2 N–H and O–H groups in total. The Morgan fingerprint density at radius 2 is 1.72 bits per heavy atom. The van der Waals surface area contributed by atoms with E-state index in [9.17, 15) is 23.6 Å². The van der Waals surface area contributed by atoms with E-state index in [4.69, 9.17) is 26.9 Å². The Hall–Kier alpha value is -3.45. The number of amides is 2. The lowest BCUT2D eigenvalue weighted by molar-refractivity contribution is -0.146. The zero-order valence-electron chi connectivity index (χ0n) is 25.0. The van der Waals surface area contributed by atoms with Gasteiger partial charge in [-0.25, -0.2) is 14.1 Å². The summed E-state index contributed by atoms with van der Waals surface area (Å²) in [6.07, 6.45) is 7.19. The number of halogens is 2. The Labute approximate surface area is 258 Å². The number of benzene rings is 1. The molecule has 0 bridgehead atoms. The zero-order valence-corrected chi connectivity index (χ0v) is 26.6. The summed E-state index contributed by atoms with van der Waals surface area (Å²) in [5, 5.41) is 8.12. The predicted molar refractivity (Wildman–Crippen MR) is 162 cm³/mol. The van der Waals surface area contributed by atoms with Crippen LogP contribution in [0.5, 0.6) is 5.75 Å². The van der Waals surface area contributed by atoms with Crippen molar-refractivity contribution in [3.8, 4) is 5.75 Å². The van der Waals surface area contributed by atoms with E-state index in [0.29, 0.717) is 41.4 Å². The Balaban J connectivity index is 0.000000303. The van der Waals surface area contributed by atoms with Gasteiger partial charge in [-0.15, -0.1) is 10.2 Å². The van der Waals surface area contributed by atoms with Gasteiger partial charge in [-0.1, -0.05) is 63.9 Å². The second kappa shape index (κ2) is 14.8. The number of aromatic nitrogens is 3. The molecule has 1 aliphatic heterocycles. The molecule has 2 amide bonds. The van der Waals surface area contributed by atoms with Crippen LogP contribution in [0.4, 0.5) is 10.1 Å². The van der Waals surface area contributed by atoms with E-state index in [0.717, 1.165) is 47.7 Å². The lowest BCUT2D eigenvalue weighted by Gasteiger charge is -2.18. The highest BCUT2D eigenvalue weighted by atomic mass is 35.5. The molecule has 0 atom stereocenters. The molecule has 234 valence electrons. The van der Waals surface area contributed by atoms with Crippen molar-refractivity contribution in [2.75, 3.05) is 30.2 Å². The highest BCUT2D eigenvalue weighted by molar-refractivity contribution is 7.98. The van der Waals surface area contributed by atoms with Crippen LogP contribution >= 0.6 is 23.4 Å². The number of carbonyl (C=O) groups excluding carboxylic acids is 3. The molecule has 0 fully saturated rings. The molecule has 0 radical (unpaired) electrons. The van der Waals surface area contributed by atoms with Crippen molar-refractivity contribution in [1.82, 2.24) is 14.9 Å². The monoisotopic (exact) mass is 637 g/mol. The first-order valence-electron chi connectivity index (χ1n) is 14.0. The third-order valence-corrected chi connectivity index (χ3v) is 7.68. The third-order valence-electron chi connectivity index (χ3n) is 6.75. The molecule has 11 nitrogen and oxygen atoms in total. The van der Waals surface area contributed by atoms with Crippen LogP contribution in [0.1, 0.15) is 78.3 Å². The number of thioether (sulfide) groups is 1. The number of hydrogen-bond acceptors (Lipinski definition) is 10. The second-order valence-electron chi connectivity index (χ2n) is 11.0. The standard InChI is InChI=1S/C21H23ClFNO5.C8H14N4OS/c1-2-3-6-9-28-19(25)12-29-18-11-17(16(23)10-15(18)22)24-20(26)13-7-4-5-8-14(13)21(24)27;1-8(2,3)5-6(13)12(9)7(14-4)11-10-5/h10-11H,2-9,12H2,1H3;9H2,1-4H3. The van der Waals surface area contributed by atoms with Gasteiger partial charge in [-0.05, 0) is 44.4 Å². The van der Waals surface area contributed by atoms with Crippen LogP contribution in [0.2, 0.25) is 5.02 Å². The largest absolute Gasteiger partial charge is 0.480 e. The summed E-state index contributed by atoms with van der Waals surface area (Å²) in [5.74, 6) is 3.17. The number of carbonyl (C=O) groups is 3. The van der Waals surface area contributed by atoms with Crippen LogP contribution in [0.3, 0.4) is 0 Å². The van der Waals surface area contributed by atoms with Gasteiger partial charge in [0.05, 0.1) is 17.3 Å². The number of unbranched alkanes of at least 4 members (excludes halogenated alkanes) is 2. The van der Waals surface area contributed by atoms with Gasteiger partial charge in [0.2, 0.25) is 5.16 Å². The first-order valence-corrected chi connectivity index (χ1v) is 15.6. The van der Waals surface area contributed by atoms with Gasteiger partial charge in [-0.2, -0.15) is 4.68 Å². The molecule has 1 aromatic carbocycles. The van der Waals surface area contributed by atoms with Crippen LogP contribution in [-0.2, 0) is 24.5 Å². The second-order valence-corrected chi connectivity index (χ2v) is 12.2. The van der Waals surface area contributed by atoms with E-state index in [1.165, 1.54) is 17.8 Å². The third kappa shape index (κ3) is 8.14. The van der Waals surface area contributed by atoms with Crippen molar-refractivity contribution >= 4 is 46.8 Å². The molecular formula is C29H37ClFN5O6S. The van der Waals surface area contributed by atoms with E-state index in [-0.39, 0.29) is 27.4 Å². The molecule has 2 aromatic rings. The number of nitrogen functional groups attached to an aromatic ring is 1. The molecule has 2 aliphatic rings. The Bertz CT molecular complexity index is 1440. The van der Waals surface area contributed by atoms with Gasteiger partial charge in [0.15, 0.2) is 6.61 Å². The highest BCUT2D eigenvalue weighted by Crippen LogP contribution is 2.39. The normalized spacial score (nSPS) is 14.8. The molecule has 1 aliphatic carbocycles. The number of imide groups is 1. The van der Waals surface area contributed by atoms with Gasteiger partial charge in [0.1, 0.15) is 17.3 Å². The average molecular weight is 638 g/mol. The molecule has 4 rings (SSSR count). The van der Waals surface area contributed by atoms with E-state index in [1.807, 2.05) is 27.7 Å². The summed E-state index contributed by atoms with van der Waals surface area (Å²) >= 11 is 7.31. The molecular weight excluding hydrogens is 601 g/mol. The summed E-state index contributed by atoms with van der Waals surface area (Å²) in [4.78, 5) is 49.7. The number of anilines is 1. The van der Waals surface area contributed by atoms with Crippen molar-refractivity contribution < 1.29 is 28.2 Å². The Kier molecular flexibility index (Phi) is 11.7. The quantitative estimate of drug-likeness (QED) is 0.135. The first-order chi connectivity index (χ1) is 20.3. The van der Waals surface area contributed by atoms with Crippen LogP contribution in [-0.4, -0.2) is 52.1 Å². The lowest BCUT2D eigenvalue weighted by Crippen LogP contribution is -2.37. The summed E-state index contributed by atoms with van der Waals surface area (Å²) in [6, 6.07) is 2.15. The Morgan fingerprint density at radius 1 is 1.09 bits per heavy atom. The highest BCUT2D eigenvalue weighted by Gasteiger charge is 2.41. The number of nitrogens with two attached hydrogens (primary N) is 1. The number of rotatable bonds is 9. The van der Waals surface area contributed by atoms with E-state index >= 15 is 0 Å².